The van der Waals surface area contributed by atoms with Gasteiger partial charge in [0.2, 0.25) is 0 Å². The van der Waals surface area contributed by atoms with Gasteiger partial charge in [0.25, 0.3) is 10.2 Å². The van der Waals surface area contributed by atoms with E-state index < -0.39 is 10.2 Å². The third-order valence-electron chi connectivity index (χ3n) is 4.47. The minimum Gasteiger partial charge on any atom is -0.241 e. The molecule has 1 aliphatic heterocycles. The summed E-state index contributed by atoms with van der Waals surface area (Å²) in [5, 5.41) is 0.964. The Bertz CT molecular complexity index is 803. The number of nitrogens with one attached hydrogen (secondary N) is 1. The second-order valence-corrected chi connectivity index (χ2v) is 9.68. The van der Waals surface area contributed by atoms with E-state index in [1.165, 1.54) is 0 Å². The number of nitrogens with zero attached hydrogens (tertiary/aromatic N) is 2. The molecule has 0 radical (unpaired) electrons. The molecule has 0 aliphatic carbocycles. The maximum absolute atomic E-state index is 12.4. The molecule has 2 heterocycles. The van der Waals surface area contributed by atoms with Crippen LogP contribution >= 0.6 is 11.3 Å². The van der Waals surface area contributed by atoms with Gasteiger partial charge in [-0.2, -0.15) is 12.7 Å². The van der Waals surface area contributed by atoms with Gasteiger partial charge in [-0.3, -0.25) is 0 Å². The van der Waals surface area contributed by atoms with Crippen LogP contribution in [-0.4, -0.2) is 37.3 Å². The minimum absolute atomic E-state index is 0.383. The number of benzene rings is 1. The fraction of sp³-hybridized carbons (Fsp3) is 0.500. The molecule has 1 fully saturated rings. The molecule has 1 atom stereocenters. The van der Waals surface area contributed by atoms with Gasteiger partial charge in [-0.25, -0.2) is 9.71 Å². The molecule has 5 nitrogen and oxygen atoms in total. The monoisotopic (exact) mass is 379 g/mol. The lowest BCUT2D eigenvalue weighted by molar-refractivity contribution is 0.278. The van der Waals surface area contributed by atoms with Gasteiger partial charge < -0.3 is 0 Å². The Morgan fingerprint density at radius 3 is 2.80 bits per heavy atom. The van der Waals surface area contributed by atoms with Gasteiger partial charge in [0.1, 0.15) is 0 Å². The first-order valence-electron chi connectivity index (χ1n) is 8.72. The molecule has 1 aromatic carbocycles. The van der Waals surface area contributed by atoms with E-state index in [2.05, 4.69) is 18.6 Å². The van der Waals surface area contributed by atoms with Gasteiger partial charge in [0.15, 0.2) is 0 Å². The van der Waals surface area contributed by atoms with Gasteiger partial charge in [-0.05, 0) is 25.7 Å². The molecule has 7 heteroatoms. The first-order valence-corrected chi connectivity index (χ1v) is 11.0. The van der Waals surface area contributed by atoms with Crippen LogP contribution in [0.3, 0.4) is 0 Å². The summed E-state index contributed by atoms with van der Waals surface area (Å²) in [6, 6.07) is 10.1. The van der Waals surface area contributed by atoms with Crippen molar-refractivity contribution < 1.29 is 8.42 Å². The van der Waals surface area contributed by atoms with Crippen LogP contribution in [0, 0.1) is 12.8 Å². The number of aromatic nitrogens is 1. The smallest absolute Gasteiger partial charge is 0.241 e. The number of thiazole rings is 1. The Morgan fingerprint density at radius 2 is 2.08 bits per heavy atom. The van der Waals surface area contributed by atoms with Crippen LogP contribution < -0.4 is 4.72 Å². The highest BCUT2D eigenvalue weighted by atomic mass is 32.2. The van der Waals surface area contributed by atoms with Crippen molar-refractivity contribution >= 4 is 21.5 Å². The predicted molar refractivity (Wildman–Crippen MR) is 103 cm³/mol. The molecule has 1 unspecified atom stereocenters. The molecule has 1 aliphatic rings. The fourth-order valence-corrected chi connectivity index (χ4v) is 5.48. The summed E-state index contributed by atoms with van der Waals surface area (Å²) in [5.74, 6) is 0.431. The lowest BCUT2D eigenvalue weighted by atomic mass is 10.0. The van der Waals surface area contributed by atoms with E-state index in [9.17, 15) is 8.42 Å². The third kappa shape index (κ3) is 4.67. The molecular weight excluding hydrogens is 354 g/mol. The highest BCUT2D eigenvalue weighted by Gasteiger charge is 2.26. The summed E-state index contributed by atoms with van der Waals surface area (Å²) in [4.78, 5) is 5.86. The summed E-state index contributed by atoms with van der Waals surface area (Å²) < 4.78 is 29.1. The van der Waals surface area contributed by atoms with Crippen LogP contribution in [0.5, 0.6) is 0 Å². The first kappa shape index (κ1) is 18.5. The Labute approximate surface area is 154 Å². The number of aryl methyl sites for hydroxylation is 1. The average Bonchev–Trinajstić information content (AvgIpc) is 2.96. The lowest BCUT2D eigenvalue weighted by Crippen LogP contribution is -2.46. The van der Waals surface area contributed by atoms with Gasteiger partial charge in [0, 0.05) is 36.5 Å². The van der Waals surface area contributed by atoms with E-state index in [0.29, 0.717) is 32.0 Å². The normalized spacial score (nSPS) is 19.2. The van der Waals surface area contributed by atoms with E-state index in [-0.39, 0.29) is 0 Å². The SMILES string of the molecule is Cc1sc(CCNS(=O)(=O)N2CCCC(C)C2)nc1-c1ccccc1. The van der Waals surface area contributed by atoms with E-state index >= 15 is 0 Å². The fourth-order valence-electron chi connectivity index (χ4n) is 3.16. The predicted octanol–water partition coefficient (Wildman–Crippen LogP) is 3.23. The van der Waals surface area contributed by atoms with Crippen LogP contribution in [0.4, 0.5) is 0 Å². The zero-order valence-corrected chi connectivity index (χ0v) is 16.4. The van der Waals surface area contributed by atoms with Crippen molar-refractivity contribution in [2.24, 2.45) is 5.92 Å². The maximum atomic E-state index is 12.4. The van der Waals surface area contributed by atoms with Crippen molar-refractivity contribution in [2.75, 3.05) is 19.6 Å². The van der Waals surface area contributed by atoms with Gasteiger partial charge in [-0.15, -0.1) is 11.3 Å². The van der Waals surface area contributed by atoms with Crippen molar-refractivity contribution in [2.45, 2.75) is 33.1 Å². The molecule has 0 bridgehead atoms. The standard InChI is InChI=1S/C18H25N3O2S2/c1-14-7-6-12-21(13-14)25(22,23)19-11-10-17-20-18(15(2)24-17)16-8-4-3-5-9-16/h3-5,8-9,14,19H,6-7,10-13H2,1-2H3. The molecule has 1 aromatic heterocycles. The highest BCUT2D eigenvalue weighted by Crippen LogP contribution is 2.27. The molecule has 25 heavy (non-hydrogen) atoms. The molecule has 0 amide bonds. The molecule has 1 saturated heterocycles. The Hall–Kier alpha value is -1.28. The zero-order valence-electron chi connectivity index (χ0n) is 14.7. The molecule has 3 rings (SSSR count). The van der Waals surface area contributed by atoms with Crippen LogP contribution in [0.2, 0.25) is 0 Å². The molecule has 2 aromatic rings. The van der Waals surface area contributed by atoms with Gasteiger partial charge in [0.05, 0.1) is 10.7 Å². The van der Waals surface area contributed by atoms with Gasteiger partial charge in [-0.1, -0.05) is 37.3 Å². The summed E-state index contributed by atoms with van der Waals surface area (Å²) >= 11 is 1.64. The zero-order chi connectivity index (χ0) is 17.9. The Balaban J connectivity index is 1.59. The van der Waals surface area contributed by atoms with E-state index in [4.69, 9.17) is 4.98 Å². The maximum Gasteiger partial charge on any atom is 0.279 e. The second-order valence-electron chi connectivity index (χ2n) is 6.63. The average molecular weight is 380 g/mol. The molecule has 136 valence electrons. The molecule has 1 N–H and O–H groups in total. The molecule has 0 saturated carbocycles. The number of hydrogen-bond donors (Lipinski definition) is 1. The summed E-state index contributed by atoms with van der Waals surface area (Å²) in [6.45, 7) is 5.78. The molecular formula is C18H25N3O2S2. The number of hydrogen-bond acceptors (Lipinski definition) is 4. The van der Waals surface area contributed by atoms with Crippen molar-refractivity contribution in [1.29, 1.82) is 0 Å². The minimum atomic E-state index is -3.38. The van der Waals surface area contributed by atoms with Crippen LogP contribution in [0.1, 0.15) is 29.7 Å². The van der Waals surface area contributed by atoms with Crippen molar-refractivity contribution in [3.8, 4) is 11.3 Å². The Morgan fingerprint density at radius 1 is 1.32 bits per heavy atom. The van der Waals surface area contributed by atoms with Crippen LogP contribution in [0.15, 0.2) is 30.3 Å². The highest BCUT2D eigenvalue weighted by molar-refractivity contribution is 7.87. The third-order valence-corrected chi connectivity index (χ3v) is 7.08. The Kier molecular flexibility index (Phi) is 5.89. The van der Waals surface area contributed by atoms with Crippen LogP contribution in [0.25, 0.3) is 11.3 Å². The number of rotatable bonds is 6. The van der Waals surface area contributed by atoms with E-state index in [0.717, 1.165) is 34.0 Å². The van der Waals surface area contributed by atoms with Crippen molar-refractivity contribution in [3.63, 3.8) is 0 Å². The first-order chi connectivity index (χ1) is 12.0. The van der Waals surface area contributed by atoms with Crippen molar-refractivity contribution in [3.05, 3.63) is 40.2 Å². The summed E-state index contributed by atoms with van der Waals surface area (Å²) in [5.41, 5.74) is 2.10. The van der Waals surface area contributed by atoms with Crippen LogP contribution in [-0.2, 0) is 16.6 Å². The van der Waals surface area contributed by atoms with Gasteiger partial charge >= 0.3 is 0 Å². The van der Waals surface area contributed by atoms with Crippen molar-refractivity contribution in [1.82, 2.24) is 14.0 Å². The largest absolute Gasteiger partial charge is 0.279 e. The lowest BCUT2D eigenvalue weighted by Gasteiger charge is -2.29. The number of piperidine rings is 1. The topological polar surface area (TPSA) is 62.3 Å². The summed E-state index contributed by atoms with van der Waals surface area (Å²) in [6.07, 6.45) is 2.65. The quantitative estimate of drug-likeness (QED) is 0.838. The second kappa shape index (κ2) is 7.95. The van der Waals surface area contributed by atoms with E-state index in [1.807, 2.05) is 30.3 Å². The molecule has 0 spiro atoms. The summed E-state index contributed by atoms with van der Waals surface area (Å²) in [7, 11) is -3.38. The van der Waals surface area contributed by atoms with E-state index in [1.54, 1.807) is 15.6 Å².